The van der Waals surface area contributed by atoms with Gasteiger partial charge < -0.3 is 14.5 Å². The van der Waals surface area contributed by atoms with Crippen LogP contribution < -0.4 is 0 Å². The van der Waals surface area contributed by atoms with E-state index in [1.165, 1.54) is 12.2 Å². The summed E-state index contributed by atoms with van der Waals surface area (Å²) in [6.45, 7) is 11.0. The molecule has 2 heterocycles. The first-order valence-electron chi connectivity index (χ1n) is 9.06. The van der Waals surface area contributed by atoms with E-state index in [-0.39, 0.29) is 23.6 Å². The molecule has 0 aromatic rings. The van der Waals surface area contributed by atoms with Crippen molar-refractivity contribution >= 4 is 11.8 Å². The number of likely N-dealkylation sites (tertiary alicyclic amines) is 2. The molecular weight excluding hydrogens is 359 g/mol. The molecule has 0 aromatic heterocycles. The van der Waals surface area contributed by atoms with E-state index in [9.17, 15) is 18.0 Å². The van der Waals surface area contributed by atoms with Crippen LogP contribution in [0.25, 0.3) is 0 Å². The number of fused-ring (bicyclic) bond motifs is 1. The third-order valence-corrected chi connectivity index (χ3v) is 4.80. The van der Waals surface area contributed by atoms with Gasteiger partial charge in [-0.25, -0.2) is 4.79 Å². The minimum absolute atomic E-state index is 0.0400. The molecule has 152 valence electrons. The van der Waals surface area contributed by atoms with Crippen LogP contribution in [0.5, 0.6) is 0 Å². The van der Waals surface area contributed by atoms with Gasteiger partial charge in [0.25, 0.3) is 0 Å². The minimum Gasteiger partial charge on any atom is -0.444 e. The summed E-state index contributed by atoms with van der Waals surface area (Å²) in [5, 5.41) is 0. The fourth-order valence-electron chi connectivity index (χ4n) is 3.69. The molecule has 2 aliphatic heterocycles. The molecule has 0 spiro atoms. The molecule has 2 atom stereocenters. The molecule has 1 amide bonds. The second-order valence-electron chi connectivity index (χ2n) is 8.00. The zero-order valence-corrected chi connectivity index (χ0v) is 16.3. The molecule has 5 nitrogen and oxygen atoms in total. The van der Waals surface area contributed by atoms with Crippen LogP contribution in [0.3, 0.4) is 0 Å². The van der Waals surface area contributed by atoms with E-state index >= 15 is 0 Å². The summed E-state index contributed by atoms with van der Waals surface area (Å²) in [6.07, 6.45) is -1.45. The van der Waals surface area contributed by atoms with E-state index < -0.39 is 17.5 Å². The first-order chi connectivity index (χ1) is 12.5. The third-order valence-electron chi connectivity index (χ3n) is 4.80. The molecule has 2 rings (SSSR count). The number of alkyl halides is 3. The molecule has 2 fully saturated rings. The Morgan fingerprint density at radius 2 is 1.74 bits per heavy atom. The van der Waals surface area contributed by atoms with E-state index in [1.54, 1.807) is 9.80 Å². The minimum atomic E-state index is -4.53. The van der Waals surface area contributed by atoms with Crippen LogP contribution in [0.15, 0.2) is 29.4 Å². The largest absolute Gasteiger partial charge is 0.444 e. The van der Waals surface area contributed by atoms with Gasteiger partial charge in [-0.2, -0.15) is 13.2 Å². The van der Waals surface area contributed by atoms with Crippen LogP contribution in [0, 0.1) is 11.8 Å². The number of hydrogen-bond acceptors (Lipinski definition) is 4. The van der Waals surface area contributed by atoms with Crippen LogP contribution >= 0.6 is 0 Å². The smallest absolute Gasteiger partial charge is 0.434 e. The molecule has 8 heteroatoms. The Bertz CT molecular complexity index is 635. The highest BCUT2D eigenvalue weighted by atomic mass is 19.4. The molecule has 27 heavy (non-hydrogen) atoms. The monoisotopic (exact) mass is 387 g/mol. The summed E-state index contributed by atoms with van der Waals surface area (Å²) in [5.74, 6) is 0.342. The summed E-state index contributed by atoms with van der Waals surface area (Å²) in [4.78, 5) is 19.1. The molecule has 2 aliphatic rings. The number of carbonyl (C=O) groups is 1. The number of hydrogen-bond donors (Lipinski definition) is 0. The van der Waals surface area contributed by atoms with Crippen molar-refractivity contribution in [1.82, 2.24) is 9.80 Å². The Morgan fingerprint density at radius 1 is 1.15 bits per heavy atom. The predicted molar refractivity (Wildman–Crippen MR) is 98.7 cm³/mol. The van der Waals surface area contributed by atoms with Crippen molar-refractivity contribution in [2.45, 2.75) is 39.0 Å². The van der Waals surface area contributed by atoms with Crippen LogP contribution in [0.2, 0.25) is 0 Å². The van der Waals surface area contributed by atoms with Crippen molar-refractivity contribution in [3.63, 3.8) is 0 Å². The van der Waals surface area contributed by atoms with Gasteiger partial charge >= 0.3 is 12.3 Å². The zero-order valence-electron chi connectivity index (χ0n) is 16.3. The van der Waals surface area contributed by atoms with Gasteiger partial charge in [-0.3, -0.25) is 4.99 Å². The van der Waals surface area contributed by atoms with Crippen LogP contribution in [0.1, 0.15) is 27.2 Å². The maximum Gasteiger partial charge on any atom is 0.434 e. The standard InChI is InChI=1S/C19H28F3N3O2/c1-6-7-15(16(23-5)19(20,21)22)25-10-13-8-9-24(11-14(13)12-25)17(26)27-18(2,3)4/h6-7,13-14H,1,8-12H2,2-5H3/b15-7+,23-16?/t13-,14+/m1/s1. The molecule has 2 saturated heterocycles. The molecule has 0 aliphatic carbocycles. The van der Waals surface area contributed by atoms with E-state index in [1.807, 2.05) is 20.8 Å². The molecule has 0 unspecified atom stereocenters. The first kappa shape index (κ1) is 21.3. The Kier molecular flexibility index (Phi) is 6.27. The number of nitrogens with zero attached hydrogens (tertiary/aromatic N) is 3. The Morgan fingerprint density at radius 3 is 2.26 bits per heavy atom. The van der Waals surface area contributed by atoms with E-state index in [0.29, 0.717) is 26.2 Å². The normalized spacial score (nSPS) is 24.7. The lowest BCUT2D eigenvalue weighted by Crippen LogP contribution is -2.45. The maximum absolute atomic E-state index is 13.3. The average molecular weight is 387 g/mol. The fourth-order valence-corrected chi connectivity index (χ4v) is 3.69. The molecule has 0 bridgehead atoms. The third kappa shape index (κ3) is 5.26. The van der Waals surface area contributed by atoms with Gasteiger partial charge in [-0.05, 0) is 45.1 Å². The van der Waals surface area contributed by atoms with Gasteiger partial charge in [-0.15, -0.1) is 0 Å². The van der Waals surface area contributed by atoms with Gasteiger partial charge in [0.05, 0.1) is 5.70 Å². The van der Waals surface area contributed by atoms with Crippen molar-refractivity contribution in [3.05, 3.63) is 24.4 Å². The zero-order chi connectivity index (χ0) is 20.4. The molecule has 0 aromatic carbocycles. The van der Waals surface area contributed by atoms with Crippen LogP contribution in [0.4, 0.5) is 18.0 Å². The molecule has 0 saturated carbocycles. The van der Waals surface area contributed by atoms with Gasteiger partial charge in [0.1, 0.15) is 5.60 Å². The number of aliphatic imine (C=N–C) groups is 1. The number of allylic oxidation sites excluding steroid dienone is 3. The highest BCUT2D eigenvalue weighted by Crippen LogP contribution is 2.35. The molecular formula is C19H28F3N3O2. The second kappa shape index (κ2) is 7.94. The number of amides is 1. The number of halogens is 3. The maximum atomic E-state index is 13.3. The van der Waals surface area contributed by atoms with Gasteiger partial charge in [-0.1, -0.05) is 12.7 Å². The second-order valence-corrected chi connectivity index (χ2v) is 8.00. The summed E-state index contributed by atoms with van der Waals surface area (Å²) < 4.78 is 45.4. The topological polar surface area (TPSA) is 45.1 Å². The number of ether oxygens (including phenoxy) is 1. The van der Waals surface area contributed by atoms with Crippen LogP contribution in [-0.2, 0) is 4.74 Å². The summed E-state index contributed by atoms with van der Waals surface area (Å²) in [6, 6.07) is 0. The lowest BCUT2D eigenvalue weighted by Gasteiger charge is -2.35. The summed E-state index contributed by atoms with van der Waals surface area (Å²) in [5.41, 5.74) is -1.43. The van der Waals surface area contributed by atoms with Crippen LogP contribution in [-0.4, -0.2) is 66.6 Å². The lowest BCUT2D eigenvalue weighted by molar-refractivity contribution is -0.0593. The van der Waals surface area contributed by atoms with Crippen molar-refractivity contribution in [1.29, 1.82) is 0 Å². The number of carbonyl (C=O) groups excluding carboxylic acids is 1. The average Bonchev–Trinajstić information content (AvgIpc) is 2.94. The fraction of sp³-hybridized carbons (Fsp3) is 0.684. The van der Waals surface area contributed by atoms with Crippen molar-refractivity contribution < 1.29 is 22.7 Å². The lowest BCUT2D eigenvalue weighted by atomic mass is 9.89. The Hall–Kier alpha value is -1.99. The number of piperidine rings is 1. The highest BCUT2D eigenvalue weighted by Gasteiger charge is 2.44. The van der Waals surface area contributed by atoms with Crippen molar-refractivity contribution in [2.24, 2.45) is 16.8 Å². The highest BCUT2D eigenvalue weighted by molar-refractivity contribution is 6.04. The van der Waals surface area contributed by atoms with Gasteiger partial charge in [0.15, 0.2) is 5.71 Å². The predicted octanol–water partition coefficient (Wildman–Crippen LogP) is 3.88. The summed E-state index contributed by atoms with van der Waals surface area (Å²) >= 11 is 0. The molecule has 0 N–H and O–H groups in total. The van der Waals surface area contributed by atoms with Gasteiger partial charge in [0, 0.05) is 33.2 Å². The SMILES string of the molecule is C=C/C=C(\C(=NC)C(F)(F)F)N1C[C@H]2CCN(C(=O)OC(C)(C)C)C[C@H]2C1. The van der Waals surface area contributed by atoms with Gasteiger partial charge in [0.2, 0.25) is 0 Å². The Labute approximate surface area is 158 Å². The van der Waals surface area contributed by atoms with E-state index in [4.69, 9.17) is 4.74 Å². The summed E-state index contributed by atoms with van der Waals surface area (Å²) in [7, 11) is 1.15. The van der Waals surface area contributed by atoms with E-state index in [2.05, 4.69) is 11.6 Å². The number of rotatable bonds is 3. The Balaban J connectivity index is 2.12. The van der Waals surface area contributed by atoms with Crippen molar-refractivity contribution in [2.75, 3.05) is 33.2 Å². The quantitative estimate of drug-likeness (QED) is 0.545. The van der Waals surface area contributed by atoms with Crippen molar-refractivity contribution in [3.8, 4) is 0 Å². The first-order valence-corrected chi connectivity index (χ1v) is 9.06. The van der Waals surface area contributed by atoms with E-state index in [0.717, 1.165) is 13.5 Å². The molecule has 0 radical (unpaired) electrons.